The van der Waals surface area contributed by atoms with Crippen molar-refractivity contribution in [3.8, 4) is 0 Å². The number of rotatable bonds is 15. The molecule has 0 unspecified atom stereocenters. The van der Waals surface area contributed by atoms with Gasteiger partial charge in [-0.05, 0) is 41.9 Å². The molecule has 1 aromatic rings. The first-order valence-electron chi connectivity index (χ1n) is 11.4. The lowest BCUT2D eigenvalue weighted by Crippen LogP contribution is -2.20. The van der Waals surface area contributed by atoms with E-state index >= 15 is 0 Å². The highest BCUT2D eigenvalue weighted by Crippen LogP contribution is 2.34. The molecule has 2 rings (SSSR count). The lowest BCUT2D eigenvalue weighted by atomic mass is 9.91. The monoisotopic (exact) mass is 464 g/mol. The van der Waals surface area contributed by atoms with Crippen molar-refractivity contribution in [1.82, 2.24) is 0 Å². The summed E-state index contributed by atoms with van der Waals surface area (Å²) in [5.74, 6) is 0.234. The van der Waals surface area contributed by atoms with E-state index in [1.807, 2.05) is 24.3 Å². The molecule has 1 saturated carbocycles. The topological polar surface area (TPSA) is 104 Å². The van der Waals surface area contributed by atoms with Gasteiger partial charge < -0.3 is 20.1 Å². The Labute approximate surface area is 195 Å². The zero-order valence-electron chi connectivity index (χ0n) is 18.8. The highest BCUT2D eigenvalue weighted by molar-refractivity contribution is 7.99. The fourth-order valence-corrected chi connectivity index (χ4v) is 4.95. The Morgan fingerprint density at radius 2 is 2.09 bits per heavy atom. The van der Waals surface area contributed by atoms with Gasteiger partial charge in [0.05, 0.1) is 18.8 Å². The van der Waals surface area contributed by atoms with Crippen LogP contribution in [0.1, 0.15) is 50.2 Å². The average molecular weight is 465 g/mol. The number of aliphatic carboxylic acids is 1. The van der Waals surface area contributed by atoms with Crippen molar-refractivity contribution < 1.29 is 29.6 Å². The fraction of sp³-hybridized carbons (Fsp3) is 0.600. The van der Waals surface area contributed by atoms with E-state index in [4.69, 9.17) is 9.84 Å². The second-order valence-electron chi connectivity index (χ2n) is 8.35. The number of hydrogen-bond donors (Lipinski definition) is 3. The van der Waals surface area contributed by atoms with Gasteiger partial charge in [-0.15, -0.1) is 0 Å². The van der Waals surface area contributed by atoms with Gasteiger partial charge in [0.15, 0.2) is 0 Å². The molecule has 1 aromatic carbocycles. The summed E-state index contributed by atoms with van der Waals surface area (Å²) in [5, 5.41) is 29.5. The van der Waals surface area contributed by atoms with Gasteiger partial charge in [0, 0.05) is 37.7 Å². The minimum absolute atomic E-state index is 0.0626. The molecule has 0 spiro atoms. The van der Waals surface area contributed by atoms with E-state index in [0.717, 1.165) is 35.7 Å². The second kappa shape index (κ2) is 14.5. The van der Waals surface area contributed by atoms with Crippen molar-refractivity contribution in [2.45, 2.75) is 64.3 Å². The number of hydrogen-bond acceptors (Lipinski definition) is 6. The number of ether oxygens (including phenoxy) is 1. The molecule has 6 nitrogen and oxygen atoms in total. The number of Topliss-reactive ketones (excluding diaryl/α,β-unsaturated/α-hetero) is 1. The van der Waals surface area contributed by atoms with E-state index in [0.29, 0.717) is 25.9 Å². The predicted octanol–water partition coefficient (Wildman–Crippen LogP) is 3.63. The van der Waals surface area contributed by atoms with Gasteiger partial charge in [-0.3, -0.25) is 9.59 Å². The van der Waals surface area contributed by atoms with E-state index in [1.165, 1.54) is 0 Å². The summed E-state index contributed by atoms with van der Waals surface area (Å²) in [6.45, 7) is 3.35. The summed E-state index contributed by atoms with van der Waals surface area (Å²) < 4.78 is 5.58. The molecule has 32 heavy (non-hydrogen) atoms. The predicted molar refractivity (Wildman–Crippen MR) is 127 cm³/mol. The minimum atomic E-state index is -0.792. The Hall–Kier alpha value is -1.67. The molecular formula is C25H36O6S. The van der Waals surface area contributed by atoms with Crippen molar-refractivity contribution in [3.63, 3.8) is 0 Å². The molecule has 4 atom stereocenters. The number of carbonyl (C=O) groups excluding carboxylic acids is 1. The summed E-state index contributed by atoms with van der Waals surface area (Å²) in [6.07, 6.45) is 5.09. The Morgan fingerprint density at radius 3 is 2.84 bits per heavy atom. The molecule has 1 aliphatic carbocycles. The van der Waals surface area contributed by atoms with Crippen molar-refractivity contribution in [2.24, 2.45) is 11.8 Å². The minimum Gasteiger partial charge on any atom is -0.481 e. The van der Waals surface area contributed by atoms with E-state index in [2.05, 4.69) is 6.92 Å². The molecule has 3 N–H and O–H groups in total. The third-order valence-corrected chi connectivity index (χ3v) is 6.70. The van der Waals surface area contributed by atoms with Gasteiger partial charge in [-0.25, -0.2) is 0 Å². The SMILES string of the molecule is CCCOCc1cccc(C[C@H](O)/C=C/[C@H]2[C@H](O)CC(=O)[C@@H]2CCSCCCC(=O)O)c1. The van der Waals surface area contributed by atoms with Crippen LogP contribution in [0.5, 0.6) is 0 Å². The van der Waals surface area contributed by atoms with Crippen LogP contribution < -0.4 is 0 Å². The number of ketones is 1. The van der Waals surface area contributed by atoms with Gasteiger partial charge in [0.1, 0.15) is 5.78 Å². The van der Waals surface area contributed by atoms with Crippen molar-refractivity contribution in [3.05, 3.63) is 47.5 Å². The summed E-state index contributed by atoms with van der Waals surface area (Å²) in [5.41, 5.74) is 2.09. The quantitative estimate of drug-likeness (QED) is 0.269. The van der Waals surface area contributed by atoms with E-state index in [-0.39, 0.29) is 30.5 Å². The summed E-state index contributed by atoms with van der Waals surface area (Å²) in [7, 11) is 0. The first-order chi connectivity index (χ1) is 15.4. The molecule has 0 bridgehead atoms. The molecule has 0 saturated heterocycles. The van der Waals surface area contributed by atoms with Crippen LogP contribution in [0.15, 0.2) is 36.4 Å². The van der Waals surface area contributed by atoms with Crippen LogP contribution in [-0.4, -0.2) is 57.4 Å². The highest BCUT2D eigenvalue weighted by atomic mass is 32.2. The molecule has 0 radical (unpaired) electrons. The third-order valence-electron chi connectivity index (χ3n) is 5.59. The molecular weight excluding hydrogens is 428 g/mol. The van der Waals surface area contributed by atoms with Gasteiger partial charge >= 0.3 is 5.97 Å². The number of carbonyl (C=O) groups is 2. The first kappa shape index (κ1) is 26.6. The lowest BCUT2D eigenvalue weighted by molar-refractivity contribution is -0.137. The Kier molecular flexibility index (Phi) is 12.0. The standard InChI is InChI=1S/C25H36O6S/c1-2-11-31-17-19-6-3-5-18(14-19)15-20(26)8-9-21-22(24(28)16-23(21)27)10-13-32-12-4-7-25(29)30/h3,5-6,8-9,14,20-23,26-27H,2,4,7,10-13,15-17H2,1H3,(H,29,30)/b9-8+/t20-,21-,22-,23-/m1/s1. The highest BCUT2D eigenvalue weighted by Gasteiger charge is 2.39. The zero-order chi connectivity index (χ0) is 23.3. The largest absolute Gasteiger partial charge is 0.481 e. The van der Waals surface area contributed by atoms with Crippen LogP contribution in [0.2, 0.25) is 0 Å². The van der Waals surface area contributed by atoms with Gasteiger partial charge in [-0.2, -0.15) is 11.8 Å². The molecule has 178 valence electrons. The fourth-order valence-electron chi connectivity index (χ4n) is 3.98. The van der Waals surface area contributed by atoms with Crippen LogP contribution in [0.25, 0.3) is 0 Å². The van der Waals surface area contributed by atoms with Crippen LogP contribution >= 0.6 is 11.8 Å². The van der Waals surface area contributed by atoms with Crippen LogP contribution in [0.3, 0.4) is 0 Å². The Morgan fingerprint density at radius 1 is 1.31 bits per heavy atom. The maximum Gasteiger partial charge on any atom is 0.303 e. The van der Waals surface area contributed by atoms with Gasteiger partial charge in [0.25, 0.3) is 0 Å². The maximum atomic E-state index is 12.3. The van der Waals surface area contributed by atoms with Gasteiger partial charge in [0.2, 0.25) is 0 Å². The molecule has 1 aliphatic rings. The summed E-state index contributed by atoms with van der Waals surface area (Å²) in [4.78, 5) is 22.9. The number of benzene rings is 1. The number of aliphatic hydroxyl groups excluding tert-OH is 2. The number of carboxylic acids is 1. The van der Waals surface area contributed by atoms with Crippen molar-refractivity contribution in [1.29, 1.82) is 0 Å². The Balaban J connectivity index is 1.84. The smallest absolute Gasteiger partial charge is 0.303 e. The molecule has 0 aromatic heterocycles. The van der Waals surface area contributed by atoms with E-state index < -0.39 is 18.2 Å². The van der Waals surface area contributed by atoms with E-state index in [1.54, 1.807) is 23.9 Å². The average Bonchev–Trinajstić information content (AvgIpc) is 3.01. The molecule has 7 heteroatoms. The number of thioether (sulfide) groups is 1. The second-order valence-corrected chi connectivity index (χ2v) is 9.57. The molecule has 0 aliphatic heterocycles. The van der Waals surface area contributed by atoms with Crippen LogP contribution in [-0.2, 0) is 27.4 Å². The molecule has 0 heterocycles. The van der Waals surface area contributed by atoms with Gasteiger partial charge in [-0.1, -0.05) is 43.3 Å². The summed E-state index contributed by atoms with van der Waals surface area (Å²) >= 11 is 1.64. The zero-order valence-corrected chi connectivity index (χ0v) is 19.6. The Bertz CT molecular complexity index is 750. The van der Waals surface area contributed by atoms with E-state index in [9.17, 15) is 19.8 Å². The molecule has 0 amide bonds. The third kappa shape index (κ3) is 9.45. The van der Waals surface area contributed by atoms with Crippen molar-refractivity contribution in [2.75, 3.05) is 18.1 Å². The molecule has 1 fully saturated rings. The van der Waals surface area contributed by atoms with Crippen LogP contribution in [0, 0.1) is 11.8 Å². The lowest BCUT2D eigenvalue weighted by Gasteiger charge is -2.18. The number of aliphatic hydroxyl groups is 2. The van der Waals surface area contributed by atoms with Crippen LogP contribution in [0.4, 0.5) is 0 Å². The normalized spacial score (nSPS) is 22.0. The summed E-state index contributed by atoms with van der Waals surface area (Å²) in [6, 6.07) is 7.97. The van der Waals surface area contributed by atoms with Crippen molar-refractivity contribution >= 4 is 23.5 Å². The number of carboxylic acid groups (broad SMARTS) is 1. The maximum absolute atomic E-state index is 12.3. The first-order valence-corrected chi connectivity index (χ1v) is 12.6.